The second kappa shape index (κ2) is 4.15. The van der Waals surface area contributed by atoms with Crippen molar-refractivity contribution in [1.82, 2.24) is 15.0 Å². The number of rotatable bonds is 1. The van der Waals surface area contributed by atoms with E-state index in [1.54, 1.807) is 6.07 Å². The number of benzene rings is 1. The minimum absolute atomic E-state index is 0.0329. The number of H-pyrrole nitrogens is 1. The van der Waals surface area contributed by atoms with Crippen molar-refractivity contribution in [3.05, 3.63) is 33.8 Å². The topological polar surface area (TPSA) is 67.6 Å². The number of nitrogens with one attached hydrogen (secondary N) is 1. The molecule has 0 saturated heterocycles. The minimum atomic E-state index is -0.503. The van der Waals surface area contributed by atoms with Crippen LogP contribution in [0.5, 0.6) is 0 Å². The third-order valence-electron chi connectivity index (χ3n) is 1.87. The maximum Gasteiger partial charge on any atom is 0.224 e. The number of aromatic amines is 1. The first kappa shape index (κ1) is 11.0. The molecular weight excluding hydrogens is 251 g/mol. The molecule has 2 rings (SSSR count). The van der Waals surface area contributed by atoms with Crippen molar-refractivity contribution >= 4 is 29.8 Å². The van der Waals surface area contributed by atoms with Crippen molar-refractivity contribution in [2.75, 3.05) is 5.73 Å². The van der Waals surface area contributed by atoms with Gasteiger partial charge in [-0.2, -0.15) is 4.98 Å². The minimum Gasteiger partial charge on any atom is -0.369 e. The molecule has 0 radical (unpaired) electrons. The van der Waals surface area contributed by atoms with E-state index in [0.717, 1.165) is 0 Å². The second-order valence-corrected chi connectivity index (χ2v) is 3.73. The fourth-order valence-electron chi connectivity index (χ4n) is 1.24. The predicted molar refractivity (Wildman–Crippen MR) is 62.0 cm³/mol. The lowest BCUT2D eigenvalue weighted by atomic mass is 10.2. The first-order valence-electron chi connectivity index (χ1n) is 4.26. The van der Waals surface area contributed by atoms with E-state index < -0.39 is 5.82 Å². The molecule has 1 aromatic heterocycles. The Morgan fingerprint density at radius 3 is 2.75 bits per heavy atom. The van der Waals surface area contributed by atoms with Gasteiger partial charge in [0.15, 0.2) is 0 Å². The summed E-state index contributed by atoms with van der Waals surface area (Å²) in [4.78, 5) is 10.2. The lowest BCUT2D eigenvalue weighted by molar-refractivity contribution is 0.630. The Balaban J connectivity index is 2.72. The molecule has 2 aromatic rings. The molecule has 0 atom stereocenters. The highest BCUT2D eigenvalue weighted by Gasteiger charge is 2.12. The summed E-state index contributed by atoms with van der Waals surface area (Å²) in [7, 11) is 0. The van der Waals surface area contributed by atoms with Gasteiger partial charge >= 0.3 is 0 Å². The summed E-state index contributed by atoms with van der Waals surface area (Å²) >= 11 is 10.7. The number of nitrogens with zero attached hydrogens (tertiary/aromatic N) is 2. The van der Waals surface area contributed by atoms with E-state index >= 15 is 0 Å². The zero-order valence-corrected chi connectivity index (χ0v) is 9.44. The molecule has 0 aliphatic heterocycles. The Bertz CT molecular complexity index is 578. The Labute approximate surface area is 100 Å². The second-order valence-electron chi connectivity index (χ2n) is 2.96. The van der Waals surface area contributed by atoms with Crippen molar-refractivity contribution in [1.29, 1.82) is 0 Å². The highest BCUT2D eigenvalue weighted by Crippen LogP contribution is 2.27. The third kappa shape index (κ3) is 2.02. The average molecular weight is 257 g/mol. The van der Waals surface area contributed by atoms with Crippen LogP contribution in [0.4, 0.5) is 10.3 Å². The first-order chi connectivity index (χ1) is 7.58. The number of nitrogen functional groups attached to an aromatic ring is 1. The number of aromatic nitrogens is 3. The van der Waals surface area contributed by atoms with E-state index in [2.05, 4.69) is 15.0 Å². The van der Waals surface area contributed by atoms with Crippen molar-refractivity contribution in [2.45, 2.75) is 0 Å². The number of nitrogens with two attached hydrogens (primary N) is 1. The van der Waals surface area contributed by atoms with Crippen LogP contribution in [-0.4, -0.2) is 15.0 Å². The summed E-state index contributed by atoms with van der Waals surface area (Å²) in [6.07, 6.45) is 0. The van der Waals surface area contributed by atoms with Gasteiger partial charge in [0.05, 0.1) is 10.6 Å². The van der Waals surface area contributed by atoms with Gasteiger partial charge in [-0.1, -0.05) is 17.7 Å². The number of anilines is 1. The van der Waals surface area contributed by atoms with Crippen LogP contribution in [0.2, 0.25) is 5.02 Å². The van der Waals surface area contributed by atoms with Gasteiger partial charge in [0, 0.05) is 0 Å². The van der Waals surface area contributed by atoms with Gasteiger partial charge in [0.1, 0.15) is 11.6 Å². The molecule has 7 heteroatoms. The van der Waals surface area contributed by atoms with Gasteiger partial charge in [-0.25, -0.2) is 9.37 Å². The Kier molecular flexibility index (Phi) is 2.84. The molecular formula is C9H6ClFN4S. The van der Waals surface area contributed by atoms with Gasteiger partial charge in [0.2, 0.25) is 10.7 Å². The molecule has 0 fully saturated rings. The molecule has 1 heterocycles. The summed E-state index contributed by atoms with van der Waals surface area (Å²) in [6, 6.07) is 4.33. The average Bonchev–Trinajstić information content (AvgIpc) is 2.15. The van der Waals surface area contributed by atoms with E-state index in [1.807, 2.05) is 0 Å². The molecule has 0 spiro atoms. The van der Waals surface area contributed by atoms with Gasteiger partial charge in [-0.3, -0.25) is 0 Å². The molecule has 0 amide bonds. The SMILES string of the molecule is Nc1nc(=S)nc(-c2c(F)cccc2Cl)[nH]1. The third-order valence-corrected chi connectivity index (χ3v) is 2.37. The largest absolute Gasteiger partial charge is 0.369 e. The van der Waals surface area contributed by atoms with Crippen LogP contribution in [0, 0.1) is 10.6 Å². The lowest BCUT2D eigenvalue weighted by Gasteiger charge is -2.05. The summed E-state index contributed by atoms with van der Waals surface area (Å²) in [5.74, 6) is -0.272. The van der Waals surface area contributed by atoms with Gasteiger partial charge < -0.3 is 10.7 Å². The molecule has 1 aromatic carbocycles. The van der Waals surface area contributed by atoms with Crippen LogP contribution in [0.25, 0.3) is 11.4 Å². The molecule has 3 N–H and O–H groups in total. The summed E-state index contributed by atoms with van der Waals surface area (Å²) in [5, 5.41) is 0.226. The van der Waals surface area contributed by atoms with Crippen LogP contribution in [0.1, 0.15) is 0 Å². The zero-order valence-electron chi connectivity index (χ0n) is 7.87. The lowest BCUT2D eigenvalue weighted by Crippen LogP contribution is -2.01. The van der Waals surface area contributed by atoms with Crippen LogP contribution >= 0.6 is 23.8 Å². The summed E-state index contributed by atoms with van der Waals surface area (Å²) < 4.78 is 13.6. The van der Waals surface area contributed by atoms with Crippen molar-refractivity contribution in [3.8, 4) is 11.4 Å². The molecule has 4 nitrogen and oxygen atoms in total. The van der Waals surface area contributed by atoms with E-state index in [9.17, 15) is 4.39 Å². The molecule has 0 saturated carbocycles. The predicted octanol–water partition coefficient (Wildman–Crippen LogP) is 2.58. The Morgan fingerprint density at radius 1 is 1.38 bits per heavy atom. The van der Waals surface area contributed by atoms with E-state index in [4.69, 9.17) is 29.6 Å². The smallest absolute Gasteiger partial charge is 0.224 e. The van der Waals surface area contributed by atoms with E-state index in [-0.39, 0.29) is 27.1 Å². The highest BCUT2D eigenvalue weighted by molar-refractivity contribution is 7.71. The van der Waals surface area contributed by atoms with E-state index in [1.165, 1.54) is 12.1 Å². The van der Waals surface area contributed by atoms with Crippen LogP contribution < -0.4 is 5.73 Å². The molecule has 16 heavy (non-hydrogen) atoms. The standard InChI is InChI=1S/C9H6ClFN4S/c10-4-2-1-3-5(11)6(4)7-13-8(12)15-9(16)14-7/h1-3H,(H3,12,13,14,15,16). The van der Waals surface area contributed by atoms with Gasteiger partial charge in [-0.15, -0.1) is 0 Å². The highest BCUT2D eigenvalue weighted by atomic mass is 35.5. The Hall–Kier alpha value is -1.53. The van der Waals surface area contributed by atoms with Gasteiger partial charge in [0.25, 0.3) is 0 Å². The van der Waals surface area contributed by atoms with Crippen LogP contribution in [0.15, 0.2) is 18.2 Å². The molecule has 82 valence electrons. The Morgan fingerprint density at radius 2 is 2.12 bits per heavy atom. The van der Waals surface area contributed by atoms with Crippen molar-refractivity contribution in [3.63, 3.8) is 0 Å². The summed E-state index contributed by atoms with van der Waals surface area (Å²) in [5.41, 5.74) is 5.59. The normalized spacial score (nSPS) is 10.4. The van der Waals surface area contributed by atoms with E-state index in [0.29, 0.717) is 0 Å². The monoisotopic (exact) mass is 256 g/mol. The number of hydrogen-bond acceptors (Lipinski definition) is 4. The number of hydrogen-bond donors (Lipinski definition) is 2. The quantitative estimate of drug-likeness (QED) is 0.770. The number of halogens is 2. The van der Waals surface area contributed by atoms with Crippen LogP contribution in [-0.2, 0) is 0 Å². The fourth-order valence-corrected chi connectivity index (χ4v) is 1.69. The fraction of sp³-hybridized carbons (Fsp3) is 0. The molecule has 0 aliphatic carbocycles. The zero-order chi connectivity index (χ0) is 11.7. The van der Waals surface area contributed by atoms with Crippen molar-refractivity contribution < 1.29 is 4.39 Å². The van der Waals surface area contributed by atoms with Crippen molar-refractivity contribution in [2.24, 2.45) is 0 Å². The summed E-state index contributed by atoms with van der Waals surface area (Å²) in [6.45, 7) is 0. The molecule has 0 aliphatic rings. The maximum atomic E-state index is 13.6. The van der Waals surface area contributed by atoms with Gasteiger partial charge in [-0.05, 0) is 24.4 Å². The van der Waals surface area contributed by atoms with Crippen LogP contribution in [0.3, 0.4) is 0 Å². The molecule has 0 bridgehead atoms. The first-order valence-corrected chi connectivity index (χ1v) is 5.05. The molecule has 0 unspecified atom stereocenters. The maximum absolute atomic E-state index is 13.6.